The normalized spacial score (nSPS) is 25.1. The average molecular weight is 408 g/mol. The van der Waals surface area contributed by atoms with E-state index >= 15 is 0 Å². The van der Waals surface area contributed by atoms with E-state index in [1.807, 2.05) is 36.4 Å². The lowest BCUT2D eigenvalue weighted by Gasteiger charge is -2.36. The number of ether oxygens (including phenoxy) is 4. The molecule has 2 aliphatic rings. The first-order valence-corrected chi connectivity index (χ1v) is 9.55. The SMILES string of the molecule is COc1ccc(C2C(C#N)=C(N)OC3NNC(c4ccccc4)C32)c(OC)c1OC. The van der Waals surface area contributed by atoms with Crippen molar-refractivity contribution in [1.29, 1.82) is 5.26 Å². The number of nitrogens with zero attached hydrogens (tertiary/aromatic N) is 1. The van der Waals surface area contributed by atoms with E-state index in [0.717, 1.165) is 11.1 Å². The highest BCUT2D eigenvalue weighted by molar-refractivity contribution is 5.60. The fourth-order valence-electron chi connectivity index (χ4n) is 4.38. The van der Waals surface area contributed by atoms with Crippen molar-refractivity contribution in [3.8, 4) is 23.3 Å². The zero-order chi connectivity index (χ0) is 21.3. The summed E-state index contributed by atoms with van der Waals surface area (Å²) in [6.45, 7) is 0. The van der Waals surface area contributed by atoms with Gasteiger partial charge < -0.3 is 24.7 Å². The predicted octanol–water partition coefficient (Wildman–Crippen LogP) is 2.31. The van der Waals surface area contributed by atoms with Crippen LogP contribution in [0.2, 0.25) is 0 Å². The van der Waals surface area contributed by atoms with E-state index < -0.39 is 12.1 Å². The number of hydrogen-bond donors (Lipinski definition) is 3. The zero-order valence-electron chi connectivity index (χ0n) is 17.0. The molecule has 0 aliphatic carbocycles. The molecule has 8 heteroatoms. The van der Waals surface area contributed by atoms with Crippen LogP contribution in [0.4, 0.5) is 0 Å². The summed E-state index contributed by atoms with van der Waals surface area (Å²) in [7, 11) is 4.69. The molecule has 2 heterocycles. The number of nitrogens with two attached hydrogens (primary N) is 1. The molecule has 8 nitrogen and oxygen atoms in total. The Bertz CT molecular complexity index is 1000. The summed E-state index contributed by atoms with van der Waals surface area (Å²) < 4.78 is 22.6. The number of fused-ring (bicyclic) bond motifs is 1. The number of allylic oxidation sites excluding steroid dienone is 1. The summed E-state index contributed by atoms with van der Waals surface area (Å²) in [6, 6.07) is 15.8. The maximum absolute atomic E-state index is 9.96. The van der Waals surface area contributed by atoms with Crippen molar-refractivity contribution >= 4 is 0 Å². The summed E-state index contributed by atoms with van der Waals surface area (Å²) in [5.41, 5.74) is 14.8. The third-order valence-electron chi connectivity index (χ3n) is 5.68. The third kappa shape index (κ3) is 3.09. The molecule has 156 valence electrons. The van der Waals surface area contributed by atoms with E-state index in [9.17, 15) is 5.26 Å². The highest BCUT2D eigenvalue weighted by Gasteiger charge is 2.50. The van der Waals surface area contributed by atoms with Gasteiger partial charge in [-0.2, -0.15) is 5.26 Å². The van der Waals surface area contributed by atoms with Crippen molar-refractivity contribution in [2.24, 2.45) is 11.7 Å². The molecule has 2 aliphatic heterocycles. The smallest absolute Gasteiger partial charge is 0.203 e. The Hall–Kier alpha value is -3.41. The van der Waals surface area contributed by atoms with E-state index in [2.05, 4.69) is 16.9 Å². The number of methoxy groups -OCH3 is 3. The fraction of sp³-hybridized carbons (Fsp3) is 0.318. The third-order valence-corrected chi connectivity index (χ3v) is 5.68. The quantitative estimate of drug-likeness (QED) is 0.691. The molecule has 0 saturated carbocycles. The first-order valence-electron chi connectivity index (χ1n) is 9.55. The Labute approximate surface area is 175 Å². The molecule has 0 radical (unpaired) electrons. The number of hydrazine groups is 1. The molecule has 4 unspecified atom stereocenters. The van der Waals surface area contributed by atoms with Crippen LogP contribution in [0.25, 0.3) is 0 Å². The molecule has 30 heavy (non-hydrogen) atoms. The van der Waals surface area contributed by atoms with Gasteiger partial charge in [-0.25, -0.2) is 10.9 Å². The van der Waals surface area contributed by atoms with Crippen LogP contribution in [-0.4, -0.2) is 27.6 Å². The van der Waals surface area contributed by atoms with E-state index in [-0.39, 0.29) is 17.8 Å². The van der Waals surface area contributed by atoms with Crippen LogP contribution in [-0.2, 0) is 4.74 Å². The minimum atomic E-state index is -0.421. The molecule has 4 N–H and O–H groups in total. The van der Waals surface area contributed by atoms with Crippen LogP contribution in [0, 0.1) is 17.2 Å². The van der Waals surface area contributed by atoms with E-state index in [1.165, 1.54) is 0 Å². The standard InChI is InChI=1S/C22H24N4O4/c1-27-15-10-9-13(19(28-2)20(15)29-3)16-14(11-23)21(24)30-22-17(16)18(25-26-22)12-7-5-4-6-8-12/h4-10,16-18,22,25-26H,24H2,1-3H3. The van der Waals surface area contributed by atoms with Crippen LogP contribution >= 0.6 is 0 Å². The molecule has 2 aromatic rings. The van der Waals surface area contributed by atoms with E-state index in [1.54, 1.807) is 27.4 Å². The van der Waals surface area contributed by atoms with Gasteiger partial charge in [0.2, 0.25) is 11.6 Å². The lowest BCUT2D eigenvalue weighted by Crippen LogP contribution is -2.41. The minimum absolute atomic E-state index is 0.101. The summed E-state index contributed by atoms with van der Waals surface area (Å²) in [5, 5.41) is 9.96. The van der Waals surface area contributed by atoms with Gasteiger partial charge in [0, 0.05) is 17.4 Å². The van der Waals surface area contributed by atoms with Gasteiger partial charge >= 0.3 is 0 Å². The summed E-state index contributed by atoms with van der Waals surface area (Å²) in [5.74, 6) is 1.05. The summed E-state index contributed by atoms with van der Waals surface area (Å²) in [4.78, 5) is 0. The minimum Gasteiger partial charge on any atom is -0.493 e. The van der Waals surface area contributed by atoms with Crippen molar-refractivity contribution in [3.63, 3.8) is 0 Å². The van der Waals surface area contributed by atoms with Gasteiger partial charge in [-0.1, -0.05) is 36.4 Å². The molecule has 0 amide bonds. The van der Waals surface area contributed by atoms with Gasteiger partial charge in [-0.05, 0) is 11.6 Å². The molecule has 0 spiro atoms. The molecular formula is C22H24N4O4. The van der Waals surface area contributed by atoms with Gasteiger partial charge in [0.1, 0.15) is 6.07 Å². The van der Waals surface area contributed by atoms with Crippen LogP contribution in [0.5, 0.6) is 17.2 Å². The molecule has 0 aromatic heterocycles. The number of benzene rings is 2. The van der Waals surface area contributed by atoms with Gasteiger partial charge in [0.25, 0.3) is 0 Å². The lowest BCUT2D eigenvalue weighted by atomic mass is 9.73. The topological polar surface area (TPSA) is 111 Å². The molecule has 4 atom stereocenters. The molecule has 1 saturated heterocycles. The second-order valence-corrected chi connectivity index (χ2v) is 7.08. The number of rotatable bonds is 5. The zero-order valence-corrected chi connectivity index (χ0v) is 17.0. The van der Waals surface area contributed by atoms with Crippen LogP contribution in [0.1, 0.15) is 23.1 Å². The summed E-state index contributed by atoms with van der Waals surface area (Å²) in [6.07, 6.45) is -0.421. The number of nitrogens with one attached hydrogen (secondary N) is 2. The predicted molar refractivity (Wildman–Crippen MR) is 109 cm³/mol. The Morgan fingerprint density at radius 3 is 2.33 bits per heavy atom. The Morgan fingerprint density at radius 2 is 1.70 bits per heavy atom. The van der Waals surface area contributed by atoms with Gasteiger partial charge in [-0.15, -0.1) is 0 Å². The molecule has 1 fully saturated rings. The average Bonchev–Trinajstić information content (AvgIpc) is 3.20. The largest absolute Gasteiger partial charge is 0.493 e. The van der Waals surface area contributed by atoms with Crippen LogP contribution in [0.15, 0.2) is 53.9 Å². The Kier molecular flexibility index (Phi) is 5.40. The highest BCUT2D eigenvalue weighted by atomic mass is 16.5. The van der Waals surface area contributed by atoms with Crippen molar-refractivity contribution in [1.82, 2.24) is 10.9 Å². The summed E-state index contributed by atoms with van der Waals surface area (Å²) >= 11 is 0. The van der Waals surface area contributed by atoms with Crippen molar-refractivity contribution < 1.29 is 18.9 Å². The van der Waals surface area contributed by atoms with Crippen molar-refractivity contribution in [2.75, 3.05) is 21.3 Å². The van der Waals surface area contributed by atoms with Gasteiger partial charge in [0.15, 0.2) is 17.7 Å². The molecule has 2 aromatic carbocycles. The first kappa shape index (κ1) is 19.9. The van der Waals surface area contributed by atoms with Gasteiger partial charge in [0.05, 0.1) is 32.9 Å². The first-order chi connectivity index (χ1) is 14.6. The number of hydrogen-bond acceptors (Lipinski definition) is 8. The maximum atomic E-state index is 9.96. The number of nitriles is 1. The maximum Gasteiger partial charge on any atom is 0.203 e. The molecule has 4 rings (SSSR count). The second-order valence-electron chi connectivity index (χ2n) is 7.08. The Balaban J connectivity index is 1.91. The van der Waals surface area contributed by atoms with E-state index in [4.69, 9.17) is 24.7 Å². The van der Waals surface area contributed by atoms with Crippen LogP contribution < -0.4 is 30.8 Å². The monoisotopic (exact) mass is 408 g/mol. The van der Waals surface area contributed by atoms with E-state index in [0.29, 0.717) is 22.8 Å². The van der Waals surface area contributed by atoms with Crippen LogP contribution in [0.3, 0.4) is 0 Å². The highest BCUT2D eigenvalue weighted by Crippen LogP contribution is 2.52. The molecular weight excluding hydrogens is 384 g/mol. The fourth-order valence-corrected chi connectivity index (χ4v) is 4.38. The second kappa shape index (κ2) is 8.14. The van der Waals surface area contributed by atoms with Crippen molar-refractivity contribution in [2.45, 2.75) is 18.2 Å². The molecule has 0 bridgehead atoms. The Morgan fingerprint density at radius 1 is 0.967 bits per heavy atom. The van der Waals surface area contributed by atoms with Crippen molar-refractivity contribution in [3.05, 3.63) is 65.0 Å². The van der Waals surface area contributed by atoms with Gasteiger partial charge in [-0.3, -0.25) is 0 Å². The lowest BCUT2D eigenvalue weighted by molar-refractivity contribution is 0.0337.